The number of hydrogen-bond donors (Lipinski definition) is 1. The Morgan fingerprint density at radius 3 is 2.88 bits per heavy atom. The molecule has 5 heteroatoms. The zero-order valence-electron chi connectivity index (χ0n) is 8.74. The summed E-state index contributed by atoms with van der Waals surface area (Å²) in [5.74, 6) is 0.687. The van der Waals surface area contributed by atoms with Crippen molar-refractivity contribution in [3.63, 3.8) is 0 Å². The highest BCUT2D eigenvalue weighted by Gasteiger charge is 2.06. The largest absolute Gasteiger partial charge is 0.384 e. The average Bonchev–Trinajstić information content (AvgIpc) is 2.55. The number of nitrogens with two attached hydrogens (primary N) is 1. The maximum atomic E-state index is 5.95. The van der Waals surface area contributed by atoms with Crippen LogP contribution < -0.4 is 5.73 Å². The van der Waals surface area contributed by atoms with Gasteiger partial charge >= 0.3 is 0 Å². The van der Waals surface area contributed by atoms with Crippen LogP contribution in [0, 0.1) is 6.92 Å². The van der Waals surface area contributed by atoms with Crippen LogP contribution in [0.1, 0.15) is 11.1 Å². The van der Waals surface area contributed by atoms with Crippen molar-refractivity contribution >= 4 is 33.3 Å². The molecule has 0 atom stereocenters. The molecule has 0 amide bonds. The Labute approximate surface area is 107 Å². The zero-order valence-corrected chi connectivity index (χ0v) is 11.1. The molecule has 1 heterocycles. The average molecular weight is 301 g/mol. The van der Waals surface area contributed by atoms with Gasteiger partial charge in [-0.1, -0.05) is 27.5 Å². The lowest BCUT2D eigenvalue weighted by molar-refractivity contribution is 0.695. The quantitative estimate of drug-likeness (QED) is 0.925. The number of benzene rings is 1. The Balaban J connectivity index is 2.33. The van der Waals surface area contributed by atoms with E-state index in [2.05, 4.69) is 21.0 Å². The lowest BCUT2D eigenvalue weighted by atomic mass is 10.2. The molecule has 16 heavy (non-hydrogen) atoms. The first-order valence-corrected chi connectivity index (χ1v) is 5.97. The second-order valence-electron chi connectivity index (χ2n) is 3.61. The van der Waals surface area contributed by atoms with Crippen LogP contribution in [0.15, 0.2) is 28.9 Å². The van der Waals surface area contributed by atoms with Crippen molar-refractivity contribution in [1.29, 1.82) is 0 Å². The number of rotatable bonds is 2. The van der Waals surface area contributed by atoms with Gasteiger partial charge < -0.3 is 5.73 Å². The van der Waals surface area contributed by atoms with Gasteiger partial charge in [0, 0.05) is 15.1 Å². The molecular formula is C11H11BrClN3. The molecule has 0 fully saturated rings. The number of aromatic nitrogens is 2. The van der Waals surface area contributed by atoms with E-state index in [1.807, 2.05) is 25.1 Å². The van der Waals surface area contributed by atoms with E-state index in [0.717, 1.165) is 15.6 Å². The van der Waals surface area contributed by atoms with Gasteiger partial charge in [0.25, 0.3) is 0 Å². The molecule has 0 spiro atoms. The summed E-state index contributed by atoms with van der Waals surface area (Å²) in [4.78, 5) is 0. The van der Waals surface area contributed by atoms with Crippen LogP contribution in [-0.4, -0.2) is 9.78 Å². The van der Waals surface area contributed by atoms with Gasteiger partial charge in [-0.2, -0.15) is 5.10 Å². The Morgan fingerprint density at radius 2 is 2.25 bits per heavy atom. The minimum absolute atomic E-state index is 0.612. The predicted molar refractivity (Wildman–Crippen MR) is 69.6 cm³/mol. The SMILES string of the molecule is Cc1cnn(Cc2cc(Cl)ccc2Br)c1N. The second kappa shape index (κ2) is 4.47. The predicted octanol–water partition coefficient (Wildman–Crippen LogP) is 3.24. The molecule has 3 nitrogen and oxygen atoms in total. The number of halogens is 2. The molecule has 0 saturated carbocycles. The molecule has 0 bridgehead atoms. The van der Waals surface area contributed by atoms with Crippen molar-refractivity contribution in [1.82, 2.24) is 9.78 Å². The van der Waals surface area contributed by atoms with E-state index in [1.165, 1.54) is 0 Å². The van der Waals surface area contributed by atoms with Crippen molar-refractivity contribution in [3.8, 4) is 0 Å². The Hall–Kier alpha value is -1.00. The molecule has 0 aliphatic heterocycles. The molecule has 0 unspecified atom stereocenters. The Bertz CT molecular complexity index is 522. The van der Waals surface area contributed by atoms with Crippen LogP contribution >= 0.6 is 27.5 Å². The maximum absolute atomic E-state index is 5.95. The summed E-state index contributed by atoms with van der Waals surface area (Å²) < 4.78 is 2.76. The van der Waals surface area contributed by atoms with Crippen LogP contribution in [0.25, 0.3) is 0 Å². The number of anilines is 1. The summed E-state index contributed by atoms with van der Waals surface area (Å²) >= 11 is 9.43. The topological polar surface area (TPSA) is 43.8 Å². The third-order valence-electron chi connectivity index (χ3n) is 2.40. The summed E-state index contributed by atoms with van der Waals surface area (Å²) in [6, 6.07) is 5.67. The summed E-state index contributed by atoms with van der Waals surface area (Å²) in [5.41, 5.74) is 7.93. The van der Waals surface area contributed by atoms with E-state index in [1.54, 1.807) is 10.9 Å². The Kier molecular flexibility index (Phi) is 3.21. The summed E-state index contributed by atoms with van der Waals surface area (Å²) in [6.45, 7) is 2.55. The number of hydrogen-bond acceptors (Lipinski definition) is 2. The lowest BCUT2D eigenvalue weighted by Gasteiger charge is -2.07. The number of aryl methyl sites for hydroxylation is 1. The van der Waals surface area contributed by atoms with Crippen LogP contribution in [0.4, 0.5) is 5.82 Å². The van der Waals surface area contributed by atoms with Crippen molar-refractivity contribution in [2.24, 2.45) is 0 Å². The van der Waals surface area contributed by atoms with E-state index in [4.69, 9.17) is 17.3 Å². The van der Waals surface area contributed by atoms with Gasteiger partial charge in [-0.05, 0) is 30.7 Å². The number of nitrogens with zero attached hydrogens (tertiary/aromatic N) is 2. The van der Waals surface area contributed by atoms with Gasteiger partial charge in [0.05, 0.1) is 12.7 Å². The molecular weight excluding hydrogens is 289 g/mol. The minimum Gasteiger partial charge on any atom is -0.384 e. The fourth-order valence-electron chi connectivity index (χ4n) is 1.44. The van der Waals surface area contributed by atoms with Gasteiger partial charge in [-0.3, -0.25) is 0 Å². The van der Waals surface area contributed by atoms with Crippen molar-refractivity contribution in [3.05, 3.63) is 45.0 Å². The molecule has 0 aliphatic rings. The van der Waals surface area contributed by atoms with Crippen LogP contribution in [-0.2, 0) is 6.54 Å². The fourth-order valence-corrected chi connectivity index (χ4v) is 2.01. The summed E-state index contributed by atoms with van der Waals surface area (Å²) in [5, 5.41) is 4.92. The standard InChI is InChI=1S/C11H11BrClN3/c1-7-5-15-16(11(7)14)6-8-4-9(13)2-3-10(8)12/h2-5H,6,14H2,1H3. The molecule has 2 N–H and O–H groups in total. The van der Waals surface area contributed by atoms with E-state index >= 15 is 0 Å². The first-order valence-electron chi connectivity index (χ1n) is 4.79. The molecule has 84 valence electrons. The number of nitrogen functional groups attached to an aromatic ring is 1. The highest BCUT2D eigenvalue weighted by Crippen LogP contribution is 2.23. The molecule has 0 saturated heterocycles. The molecule has 2 rings (SSSR count). The van der Waals surface area contributed by atoms with Crippen molar-refractivity contribution in [2.45, 2.75) is 13.5 Å². The summed E-state index contributed by atoms with van der Waals surface area (Å²) in [7, 11) is 0. The smallest absolute Gasteiger partial charge is 0.124 e. The first-order chi connectivity index (χ1) is 7.58. The van der Waals surface area contributed by atoms with E-state index < -0.39 is 0 Å². The monoisotopic (exact) mass is 299 g/mol. The molecule has 1 aromatic carbocycles. The van der Waals surface area contributed by atoms with Crippen LogP contribution in [0.5, 0.6) is 0 Å². The molecule has 2 aromatic rings. The van der Waals surface area contributed by atoms with Crippen LogP contribution in [0.3, 0.4) is 0 Å². The second-order valence-corrected chi connectivity index (χ2v) is 4.90. The highest BCUT2D eigenvalue weighted by molar-refractivity contribution is 9.10. The molecule has 0 aliphatic carbocycles. The molecule has 0 radical (unpaired) electrons. The normalized spacial score (nSPS) is 10.7. The maximum Gasteiger partial charge on any atom is 0.124 e. The minimum atomic E-state index is 0.612. The van der Waals surface area contributed by atoms with Crippen molar-refractivity contribution in [2.75, 3.05) is 5.73 Å². The Morgan fingerprint density at radius 1 is 1.50 bits per heavy atom. The van der Waals surface area contributed by atoms with Crippen LogP contribution in [0.2, 0.25) is 5.02 Å². The van der Waals surface area contributed by atoms with E-state index in [-0.39, 0.29) is 0 Å². The fraction of sp³-hybridized carbons (Fsp3) is 0.182. The van der Waals surface area contributed by atoms with Crippen molar-refractivity contribution < 1.29 is 0 Å². The zero-order chi connectivity index (χ0) is 11.7. The van der Waals surface area contributed by atoms with Gasteiger partial charge in [-0.15, -0.1) is 0 Å². The summed E-state index contributed by atoms with van der Waals surface area (Å²) in [6.07, 6.45) is 1.76. The third-order valence-corrected chi connectivity index (χ3v) is 3.41. The van der Waals surface area contributed by atoms with Gasteiger partial charge in [0.15, 0.2) is 0 Å². The van der Waals surface area contributed by atoms with E-state index in [0.29, 0.717) is 17.4 Å². The third kappa shape index (κ3) is 2.23. The molecule has 1 aromatic heterocycles. The van der Waals surface area contributed by atoms with Gasteiger partial charge in [0.2, 0.25) is 0 Å². The van der Waals surface area contributed by atoms with E-state index in [9.17, 15) is 0 Å². The first kappa shape index (κ1) is 11.5. The highest BCUT2D eigenvalue weighted by atomic mass is 79.9. The van der Waals surface area contributed by atoms with Gasteiger partial charge in [0.1, 0.15) is 5.82 Å². The van der Waals surface area contributed by atoms with Gasteiger partial charge in [-0.25, -0.2) is 4.68 Å². The lowest BCUT2D eigenvalue weighted by Crippen LogP contribution is -2.06.